The minimum Gasteiger partial charge on any atom is -0.480 e. The van der Waals surface area contributed by atoms with Crippen LogP contribution >= 0.6 is 29.2 Å². The van der Waals surface area contributed by atoms with Crippen molar-refractivity contribution >= 4 is 41.1 Å². The van der Waals surface area contributed by atoms with Crippen LogP contribution in [0.15, 0.2) is 0 Å². The van der Waals surface area contributed by atoms with Crippen molar-refractivity contribution in [2.45, 2.75) is 38.8 Å². The van der Waals surface area contributed by atoms with Gasteiger partial charge in [-0.2, -0.15) is 0 Å². The summed E-state index contributed by atoms with van der Waals surface area (Å²) < 4.78 is 22.5. The quantitative estimate of drug-likeness (QED) is 0.165. The molecule has 148 valence electrons. The summed E-state index contributed by atoms with van der Waals surface area (Å²) in [5.74, 6) is -0.982. The van der Waals surface area contributed by atoms with E-state index in [-0.39, 0.29) is 19.5 Å². The van der Waals surface area contributed by atoms with Gasteiger partial charge in [0.2, 0.25) is 0 Å². The Kier molecular flexibility index (Phi) is 13.7. The second-order valence-electron chi connectivity index (χ2n) is 4.87. The number of carbonyl (C=O) groups is 2. The van der Waals surface area contributed by atoms with Crippen LogP contribution in [0.2, 0.25) is 0 Å². The molecular formula is C13H27N2O7PS2. The van der Waals surface area contributed by atoms with Crippen LogP contribution in [0.3, 0.4) is 0 Å². The molecule has 9 nitrogen and oxygen atoms in total. The molecule has 0 heterocycles. The van der Waals surface area contributed by atoms with Crippen molar-refractivity contribution in [3.05, 3.63) is 0 Å². The Morgan fingerprint density at radius 1 is 1.08 bits per heavy atom. The molecule has 0 amide bonds. The van der Waals surface area contributed by atoms with Crippen molar-refractivity contribution in [2.75, 3.05) is 31.0 Å². The number of nitrogens with two attached hydrogens (primary N) is 1. The Balaban J connectivity index is 4.16. The van der Waals surface area contributed by atoms with Crippen molar-refractivity contribution in [3.8, 4) is 0 Å². The smallest absolute Gasteiger partial charge is 0.344 e. The first kappa shape index (κ1) is 24.7. The first-order chi connectivity index (χ1) is 11.8. The normalized spacial score (nSPS) is 14.2. The lowest BCUT2D eigenvalue weighted by Crippen LogP contribution is -2.38. The summed E-state index contributed by atoms with van der Waals surface area (Å²) in [5, 5.41) is 20.6. The zero-order chi connectivity index (χ0) is 19.3. The zero-order valence-corrected chi connectivity index (χ0v) is 16.9. The molecule has 0 aromatic heterocycles. The Hall–Kier alpha value is -0.290. The highest BCUT2D eigenvalue weighted by Crippen LogP contribution is 2.46. The Morgan fingerprint density at radius 2 is 1.60 bits per heavy atom. The van der Waals surface area contributed by atoms with Crippen LogP contribution < -0.4 is 11.1 Å². The van der Waals surface area contributed by atoms with Crippen LogP contribution in [0.4, 0.5) is 0 Å². The molecule has 0 aromatic carbocycles. The van der Waals surface area contributed by atoms with Crippen molar-refractivity contribution in [1.29, 1.82) is 0 Å². The van der Waals surface area contributed by atoms with E-state index >= 15 is 0 Å². The number of hydrogen-bond donors (Lipinski definition) is 4. The average Bonchev–Trinajstić information content (AvgIpc) is 2.53. The van der Waals surface area contributed by atoms with Crippen molar-refractivity contribution in [3.63, 3.8) is 0 Å². The van der Waals surface area contributed by atoms with E-state index < -0.39 is 31.6 Å². The van der Waals surface area contributed by atoms with Crippen LogP contribution in [0.1, 0.15) is 26.7 Å². The number of carboxylic acids is 2. The largest absolute Gasteiger partial charge is 0.480 e. The van der Waals surface area contributed by atoms with E-state index in [1.807, 2.05) is 0 Å². The fourth-order valence-corrected chi connectivity index (χ4v) is 5.33. The third kappa shape index (κ3) is 11.8. The number of nitrogens with one attached hydrogen (secondary N) is 1. The van der Waals surface area contributed by atoms with Gasteiger partial charge in [-0.15, -0.1) is 0 Å². The molecule has 0 spiro atoms. The fraction of sp³-hybridized carbons (Fsp3) is 0.846. The van der Waals surface area contributed by atoms with Gasteiger partial charge >= 0.3 is 19.5 Å². The lowest BCUT2D eigenvalue weighted by molar-refractivity contribution is -0.140. The molecule has 0 aliphatic carbocycles. The van der Waals surface area contributed by atoms with Gasteiger partial charge in [0.25, 0.3) is 0 Å². The molecule has 5 N–H and O–H groups in total. The molecule has 0 radical (unpaired) electrons. The Morgan fingerprint density at radius 3 is 2.04 bits per heavy atom. The minimum atomic E-state index is -3.34. The maximum Gasteiger partial charge on any atom is 0.344 e. The van der Waals surface area contributed by atoms with Crippen molar-refractivity contribution in [1.82, 2.24) is 5.32 Å². The molecule has 0 rings (SSSR count). The van der Waals surface area contributed by atoms with Crippen LogP contribution in [0.25, 0.3) is 0 Å². The Labute approximate surface area is 155 Å². The predicted octanol–water partition coefficient (Wildman–Crippen LogP) is 1.83. The van der Waals surface area contributed by atoms with E-state index in [1.165, 1.54) is 21.6 Å². The first-order valence-corrected chi connectivity index (χ1v) is 12.0. The van der Waals surface area contributed by atoms with Crippen LogP contribution in [0, 0.1) is 0 Å². The second kappa shape index (κ2) is 13.9. The summed E-state index contributed by atoms with van der Waals surface area (Å²) in [4.78, 5) is 21.9. The molecule has 12 heteroatoms. The highest BCUT2D eigenvalue weighted by molar-refractivity contribution is 8.76. The maximum atomic E-state index is 12.3. The summed E-state index contributed by atoms with van der Waals surface area (Å²) in [5.41, 5.74) is 5.39. The monoisotopic (exact) mass is 418 g/mol. The summed E-state index contributed by atoms with van der Waals surface area (Å²) in [6.07, 6.45) is 0.493. The number of aliphatic carboxylic acids is 2. The van der Waals surface area contributed by atoms with E-state index in [2.05, 4.69) is 5.32 Å². The second-order valence-corrected chi connectivity index (χ2v) is 9.62. The van der Waals surface area contributed by atoms with Crippen molar-refractivity contribution in [2.24, 2.45) is 5.73 Å². The van der Waals surface area contributed by atoms with Crippen LogP contribution in [0.5, 0.6) is 0 Å². The summed E-state index contributed by atoms with van der Waals surface area (Å²) in [6.45, 7) is 3.79. The van der Waals surface area contributed by atoms with Crippen LogP contribution in [-0.2, 0) is 23.2 Å². The van der Waals surface area contributed by atoms with Gasteiger partial charge in [-0.1, -0.05) is 21.6 Å². The van der Waals surface area contributed by atoms with Gasteiger partial charge < -0.3 is 25.0 Å². The number of rotatable bonds is 16. The summed E-state index contributed by atoms with van der Waals surface area (Å²) in [6, 6.07) is -1.75. The van der Waals surface area contributed by atoms with Crippen molar-refractivity contribution < 1.29 is 33.4 Å². The van der Waals surface area contributed by atoms with E-state index in [9.17, 15) is 19.3 Å². The Bertz CT molecular complexity index is 446. The third-order valence-corrected chi connectivity index (χ3v) is 7.23. The number of carboxylic acid groups (broad SMARTS) is 2. The van der Waals surface area contributed by atoms with E-state index in [4.69, 9.17) is 19.9 Å². The molecule has 2 atom stereocenters. The lowest BCUT2D eigenvalue weighted by Gasteiger charge is -2.20. The lowest BCUT2D eigenvalue weighted by atomic mass is 10.2. The molecule has 0 saturated carbocycles. The van der Waals surface area contributed by atoms with Gasteiger partial charge in [0.05, 0.1) is 19.5 Å². The molecule has 0 aromatic rings. The molecule has 0 unspecified atom stereocenters. The molecule has 0 bridgehead atoms. The van der Waals surface area contributed by atoms with Gasteiger partial charge in [-0.3, -0.25) is 19.5 Å². The molecule has 0 fully saturated rings. The van der Waals surface area contributed by atoms with Gasteiger partial charge in [-0.25, -0.2) is 0 Å². The predicted molar refractivity (Wildman–Crippen MR) is 100 cm³/mol. The van der Waals surface area contributed by atoms with Crippen LogP contribution in [-0.4, -0.2) is 65.2 Å². The third-order valence-electron chi connectivity index (χ3n) is 2.88. The van der Waals surface area contributed by atoms with Gasteiger partial charge in [0, 0.05) is 11.5 Å². The van der Waals surface area contributed by atoms with Gasteiger partial charge in [0.15, 0.2) is 0 Å². The highest BCUT2D eigenvalue weighted by Gasteiger charge is 2.27. The standard InChI is InChI=1S/C13H27N2O7PS2/c1-3-21-23(20,22-4-2)9-15-11(13(18)19)6-8-25-24-7-5-10(14)12(16)17/h10-11,15H,3-9,14H2,1-2H3,(H,16,17)(H,18,19)/t10-,11-/m0/s1. The maximum absolute atomic E-state index is 12.3. The zero-order valence-electron chi connectivity index (χ0n) is 14.4. The molecule has 0 aliphatic heterocycles. The molecular weight excluding hydrogens is 391 g/mol. The minimum absolute atomic E-state index is 0.170. The first-order valence-electron chi connectivity index (χ1n) is 7.82. The van der Waals surface area contributed by atoms with Gasteiger partial charge in [-0.05, 0) is 26.7 Å². The summed E-state index contributed by atoms with van der Waals surface area (Å²) >= 11 is 0. The topological polar surface area (TPSA) is 148 Å². The van der Waals surface area contributed by atoms with E-state index in [1.54, 1.807) is 13.8 Å². The van der Waals surface area contributed by atoms with E-state index in [0.29, 0.717) is 24.3 Å². The number of hydrogen-bond acceptors (Lipinski definition) is 9. The molecule has 0 aliphatic rings. The van der Waals surface area contributed by atoms with Gasteiger partial charge in [0.1, 0.15) is 12.1 Å². The SMILES string of the molecule is CCOP(=O)(CN[C@@H](CCSSCC[C@H](N)C(=O)O)C(=O)O)OCC. The highest BCUT2D eigenvalue weighted by atomic mass is 33.1. The average molecular weight is 418 g/mol. The molecule has 25 heavy (non-hydrogen) atoms. The summed E-state index contributed by atoms with van der Waals surface area (Å²) in [7, 11) is -0.458. The molecule has 0 saturated heterocycles. The van der Waals surface area contributed by atoms with E-state index in [0.717, 1.165) is 0 Å². The fourth-order valence-electron chi connectivity index (χ4n) is 1.64.